The number of hydrogen-bond donors (Lipinski definition) is 1. The third kappa shape index (κ3) is 3.01. The second-order valence-corrected chi connectivity index (χ2v) is 2.96. The van der Waals surface area contributed by atoms with Gasteiger partial charge in [0.25, 0.3) is 0 Å². The van der Waals surface area contributed by atoms with Crippen LogP contribution in [-0.4, -0.2) is 23.8 Å². The van der Waals surface area contributed by atoms with E-state index in [0.717, 1.165) is 18.5 Å². The molecule has 74 valence electrons. The van der Waals surface area contributed by atoms with Gasteiger partial charge < -0.3 is 5.11 Å². The highest BCUT2D eigenvalue weighted by atomic mass is 16.4. The molecule has 0 heterocycles. The number of carboxylic acids is 1. The van der Waals surface area contributed by atoms with E-state index >= 15 is 0 Å². The Morgan fingerprint density at radius 3 is 2.57 bits per heavy atom. The monoisotopic (exact) mass is 191 g/mol. The van der Waals surface area contributed by atoms with Crippen molar-refractivity contribution in [2.24, 2.45) is 4.99 Å². The fourth-order valence-electron chi connectivity index (χ4n) is 1.01. The summed E-state index contributed by atoms with van der Waals surface area (Å²) >= 11 is 0. The van der Waals surface area contributed by atoms with Crippen LogP contribution < -0.4 is 0 Å². The van der Waals surface area contributed by atoms with Gasteiger partial charge in [-0.2, -0.15) is 0 Å². The van der Waals surface area contributed by atoms with E-state index in [-0.39, 0.29) is 0 Å². The molecule has 0 saturated carbocycles. The molecule has 3 nitrogen and oxygen atoms in total. The maximum absolute atomic E-state index is 10.5. The van der Waals surface area contributed by atoms with Crippen LogP contribution in [-0.2, 0) is 0 Å². The molecule has 0 saturated heterocycles. The molecule has 3 heteroatoms. The van der Waals surface area contributed by atoms with Gasteiger partial charge in [0, 0.05) is 12.8 Å². The van der Waals surface area contributed by atoms with E-state index in [1.165, 1.54) is 0 Å². The van der Waals surface area contributed by atoms with Crippen molar-refractivity contribution in [1.29, 1.82) is 0 Å². The Hall–Kier alpha value is -1.64. The largest absolute Gasteiger partial charge is 0.478 e. The van der Waals surface area contributed by atoms with Crippen molar-refractivity contribution < 1.29 is 9.90 Å². The predicted octanol–water partition coefficient (Wildman–Crippen LogP) is 2.21. The first-order chi connectivity index (χ1) is 6.74. The number of hydrogen-bond acceptors (Lipinski definition) is 2. The maximum atomic E-state index is 10.5. The van der Waals surface area contributed by atoms with Crippen LogP contribution in [0.15, 0.2) is 29.3 Å². The minimum atomic E-state index is -0.901. The molecule has 0 bridgehead atoms. The first-order valence-electron chi connectivity index (χ1n) is 4.57. The van der Waals surface area contributed by atoms with Crippen LogP contribution in [0.3, 0.4) is 0 Å². The molecule has 0 aliphatic carbocycles. The third-order valence-corrected chi connectivity index (χ3v) is 1.75. The Morgan fingerprint density at radius 2 is 2.07 bits per heavy atom. The van der Waals surface area contributed by atoms with E-state index in [2.05, 4.69) is 11.9 Å². The average Bonchev–Trinajstić information content (AvgIpc) is 2.19. The normalized spacial score (nSPS) is 10.6. The first kappa shape index (κ1) is 10.4. The number of carboxylic acid groups (broad SMARTS) is 1. The zero-order chi connectivity index (χ0) is 10.4. The predicted molar refractivity (Wildman–Crippen MR) is 56.2 cm³/mol. The summed E-state index contributed by atoms with van der Waals surface area (Å²) < 4.78 is 0. The summed E-state index contributed by atoms with van der Waals surface area (Å²) in [5.74, 6) is -0.901. The smallest absolute Gasteiger partial charge is 0.335 e. The van der Waals surface area contributed by atoms with Crippen LogP contribution in [0.2, 0.25) is 0 Å². The quantitative estimate of drug-likeness (QED) is 0.742. The van der Waals surface area contributed by atoms with Crippen molar-refractivity contribution in [2.75, 3.05) is 6.54 Å². The standard InChI is InChI=1S/C11H13NO2/c1-2-7-12-8-9-3-5-10(6-4-9)11(13)14/h3-6,8H,2,7H2,1H3,(H,13,14). The van der Waals surface area contributed by atoms with Gasteiger partial charge in [0.1, 0.15) is 0 Å². The highest BCUT2D eigenvalue weighted by Crippen LogP contribution is 2.02. The summed E-state index contributed by atoms with van der Waals surface area (Å²) in [5.41, 5.74) is 1.24. The summed E-state index contributed by atoms with van der Waals surface area (Å²) in [5, 5.41) is 8.66. The third-order valence-electron chi connectivity index (χ3n) is 1.75. The Bertz CT molecular complexity index is 328. The molecule has 1 aromatic rings. The van der Waals surface area contributed by atoms with Crippen molar-refractivity contribution in [2.45, 2.75) is 13.3 Å². The van der Waals surface area contributed by atoms with Crippen molar-refractivity contribution in [3.63, 3.8) is 0 Å². The van der Waals surface area contributed by atoms with Crippen molar-refractivity contribution >= 4 is 12.2 Å². The molecule has 0 radical (unpaired) electrons. The molecule has 1 aromatic carbocycles. The molecule has 0 amide bonds. The molecular weight excluding hydrogens is 178 g/mol. The maximum Gasteiger partial charge on any atom is 0.335 e. The van der Waals surface area contributed by atoms with Crippen molar-refractivity contribution in [1.82, 2.24) is 0 Å². The number of rotatable bonds is 4. The molecule has 14 heavy (non-hydrogen) atoms. The SMILES string of the molecule is CCCN=Cc1ccc(C(=O)O)cc1. The minimum absolute atomic E-state index is 0.303. The average molecular weight is 191 g/mol. The van der Waals surface area contributed by atoms with Gasteiger partial charge in [0.05, 0.1) is 5.56 Å². The summed E-state index contributed by atoms with van der Waals surface area (Å²) in [4.78, 5) is 14.7. The van der Waals surface area contributed by atoms with Crippen LogP contribution in [0.4, 0.5) is 0 Å². The lowest BCUT2D eigenvalue weighted by molar-refractivity contribution is 0.0697. The molecular formula is C11H13NO2. The van der Waals surface area contributed by atoms with Gasteiger partial charge in [-0.05, 0) is 24.1 Å². The van der Waals surface area contributed by atoms with Gasteiger partial charge >= 0.3 is 5.97 Å². The molecule has 0 spiro atoms. The van der Waals surface area contributed by atoms with Gasteiger partial charge in [0.15, 0.2) is 0 Å². The topological polar surface area (TPSA) is 49.7 Å². The van der Waals surface area contributed by atoms with Crippen LogP contribution >= 0.6 is 0 Å². The molecule has 0 unspecified atom stereocenters. The summed E-state index contributed by atoms with van der Waals surface area (Å²) in [6.45, 7) is 2.87. The number of aliphatic imine (C=N–C) groups is 1. The van der Waals surface area contributed by atoms with E-state index in [0.29, 0.717) is 5.56 Å². The fraction of sp³-hybridized carbons (Fsp3) is 0.273. The number of nitrogens with zero attached hydrogens (tertiary/aromatic N) is 1. The van der Waals surface area contributed by atoms with Crippen LogP contribution in [0.1, 0.15) is 29.3 Å². The van der Waals surface area contributed by atoms with E-state index < -0.39 is 5.97 Å². The van der Waals surface area contributed by atoms with Gasteiger partial charge in [0.2, 0.25) is 0 Å². The summed E-state index contributed by atoms with van der Waals surface area (Å²) in [6.07, 6.45) is 2.78. The van der Waals surface area contributed by atoms with Crippen LogP contribution in [0.25, 0.3) is 0 Å². The Kier molecular flexibility index (Phi) is 3.85. The zero-order valence-corrected chi connectivity index (χ0v) is 8.10. The highest BCUT2D eigenvalue weighted by molar-refractivity contribution is 5.89. The number of carbonyl (C=O) groups is 1. The van der Waals surface area contributed by atoms with Gasteiger partial charge in [-0.25, -0.2) is 4.79 Å². The molecule has 0 aliphatic heterocycles. The van der Waals surface area contributed by atoms with E-state index in [9.17, 15) is 4.79 Å². The molecule has 0 fully saturated rings. The van der Waals surface area contributed by atoms with Crippen LogP contribution in [0, 0.1) is 0 Å². The van der Waals surface area contributed by atoms with Crippen LogP contribution in [0.5, 0.6) is 0 Å². The Morgan fingerprint density at radius 1 is 1.43 bits per heavy atom. The van der Waals surface area contributed by atoms with Gasteiger partial charge in [-0.1, -0.05) is 19.1 Å². The molecule has 0 atom stereocenters. The Balaban J connectivity index is 2.68. The second-order valence-electron chi connectivity index (χ2n) is 2.96. The lowest BCUT2D eigenvalue weighted by Gasteiger charge is -1.95. The summed E-state index contributed by atoms with van der Waals surface area (Å²) in [6, 6.07) is 6.66. The number of benzene rings is 1. The van der Waals surface area contributed by atoms with E-state index in [4.69, 9.17) is 5.11 Å². The Labute approximate surface area is 83.1 Å². The highest BCUT2D eigenvalue weighted by Gasteiger charge is 1.99. The minimum Gasteiger partial charge on any atom is -0.478 e. The lowest BCUT2D eigenvalue weighted by atomic mass is 10.1. The van der Waals surface area contributed by atoms with Crippen molar-refractivity contribution in [3.8, 4) is 0 Å². The first-order valence-corrected chi connectivity index (χ1v) is 4.57. The lowest BCUT2D eigenvalue weighted by Crippen LogP contribution is -1.95. The second kappa shape index (κ2) is 5.17. The van der Waals surface area contributed by atoms with E-state index in [1.807, 2.05) is 0 Å². The van der Waals surface area contributed by atoms with Gasteiger partial charge in [-0.15, -0.1) is 0 Å². The zero-order valence-electron chi connectivity index (χ0n) is 8.10. The molecule has 0 aromatic heterocycles. The molecule has 1 rings (SSSR count). The molecule has 1 N–H and O–H groups in total. The summed E-state index contributed by atoms with van der Waals surface area (Å²) in [7, 11) is 0. The molecule has 0 aliphatic rings. The van der Waals surface area contributed by atoms with E-state index in [1.54, 1.807) is 30.5 Å². The fourth-order valence-corrected chi connectivity index (χ4v) is 1.01. The van der Waals surface area contributed by atoms with Gasteiger partial charge in [-0.3, -0.25) is 4.99 Å². The van der Waals surface area contributed by atoms with Crippen molar-refractivity contribution in [3.05, 3.63) is 35.4 Å². The number of aromatic carboxylic acids is 1.